The van der Waals surface area contributed by atoms with Gasteiger partial charge in [-0.25, -0.2) is 19.9 Å². The van der Waals surface area contributed by atoms with Gasteiger partial charge in [0.15, 0.2) is 17.5 Å². The largest absolute Gasteiger partial charge is 0.236 e. The summed E-state index contributed by atoms with van der Waals surface area (Å²) in [6, 6.07) is 54.9. The van der Waals surface area contributed by atoms with Gasteiger partial charge < -0.3 is 0 Å². The van der Waals surface area contributed by atoms with Crippen molar-refractivity contribution < 1.29 is 0 Å². The molecular weight excluding hydrogens is 649 g/mol. The summed E-state index contributed by atoms with van der Waals surface area (Å²) in [4.78, 5) is 21.1. The summed E-state index contributed by atoms with van der Waals surface area (Å²) >= 11 is 3.48. The summed E-state index contributed by atoms with van der Waals surface area (Å²) in [6.45, 7) is 0. The van der Waals surface area contributed by atoms with Gasteiger partial charge in [0.05, 0.1) is 10.2 Å². The molecule has 0 N–H and O–H groups in total. The van der Waals surface area contributed by atoms with Gasteiger partial charge >= 0.3 is 0 Å². The van der Waals surface area contributed by atoms with Crippen LogP contribution in [0.25, 0.3) is 97.0 Å². The van der Waals surface area contributed by atoms with E-state index in [1.165, 1.54) is 15.5 Å². The Bertz CT molecular complexity index is 2860. The number of benzene rings is 7. The first-order chi connectivity index (χ1) is 24.8. The fourth-order valence-electron chi connectivity index (χ4n) is 6.89. The van der Waals surface area contributed by atoms with Gasteiger partial charge in [-0.3, -0.25) is 0 Å². The van der Waals surface area contributed by atoms with Crippen molar-refractivity contribution in [1.82, 2.24) is 19.9 Å². The zero-order valence-electron chi connectivity index (χ0n) is 26.6. The summed E-state index contributed by atoms with van der Waals surface area (Å²) in [5.41, 5.74) is 7.16. The molecule has 0 unspecified atom stereocenters. The average molecular weight is 675 g/mol. The Morgan fingerprint density at radius 2 is 1.02 bits per heavy atom. The minimum absolute atomic E-state index is 0.634. The second kappa shape index (κ2) is 11.8. The van der Waals surface area contributed by atoms with E-state index in [0.717, 1.165) is 64.1 Å². The maximum atomic E-state index is 5.42. The molecule has 3 heterocycles. The highest BCUT2D eigenvalue weighted by Crippen LogP contribution is 2.47. The van der Waals surface area contributed by atoms with E-state index >= 15 is 0 Å². The van der Waals surface area contributed by atoms with E-state index < -0.39 is 0 Å². The summed E-state index contributed by atoms with van der Waals surface area (Å²) in [6.07, 6.45) is 0. The molecule has 7 aromatic carbocycles. The molecule has 234 valence electrons. The standard InChI is InChI=1S/C44H26N4S2/c1-4-15-28(16-5-1)37-31-21-11-10-14-27(31)24-25-33(37)42-46-41(29-17-6-2-7-18-29)47-43(48-42)39-38-32-22-12-13-23-35(32)49-36(38)26-34-40(39)50-44(45-34)30-19-8-3-9-20-30/h1-26H. The zero-order chi connectivity index (χ0) is 33.0. The molecular formula is C44H26N4S2. The first-order valence-electron chi connectivity index (χ1n) is 16.5. The van der Waals surface area contributed by atoms with Crippen molar-refractivity contribution in [1.29, 1.82) is 0 Å². The van der Waals surface area contributed by atoms with Gasteiger partial charge in [-0.15, -0.1) is 22.7 Å². The summed E-state index contributed by atoms with van der Waals surface area (Å²) in [5, 5.41) is 5.64. The topological polar surface area (TPSA) is 51.6 Å². The van der Waals surface area contributed by atoms with Crippen molar-refractivity contribution in [3.63, 3.8) is 0 Å². The molecule has 0 amide bonds. The van der Waals surface area contributed by atoms with Crippen LogP contribution in [0.1, 0.15) is 0 Å². The average Bonchev–Trinajstić information content (AvgIpc) is 3.79. The second-order valence-corrected chi connectivity index (χ2v) is 14.3. The molecule has 0 aliphatic rings. The molecule has 0 saturated heterocycles. The Hall–Kier alpha value is -6.08. The van der Waals surface area contributed by atoms with Crippen LogP contribution in [-0.2, 0) is 0 Å². The molecule has 0 radical (unpaired) electrons. The zero-order valence-corrected chi connectivity index (χ0v) is 28.2. The third kappa shape index (κ3) is 4.80. The summed E-state index contributed by atoms with van der Waals surface area (Å²) in [5.74, 6) is 1.91. The van der Waals surface area contributed by atoms with Crippen molar-refractivity contribution in [3.8, 4) is 55.9 Å². The van der Waals surface area contributed by atoms with Gasteiger partial charge in [0.2, 0.25) is 0 Å². The van der Waals surface area contributed by atoms with Gasteiger partial charge in [-0.1, -0.05) is 140 Å². The SMILES string of the molecule is c1ccc(-c2nc(-c3ccc4ccccc4c3-c3ccccc3)nc(-c3c4sc(-c5ccccc5)nc4cc4sc5ccccc5c34)n2)cc1. The Morgan fingerprint density at radius 1 is 0.400 bits per heavy atom. The Labute approximate surface area is 296 Å². The smallest absolute Gasteiger partial charge is 0.166 e. The summed E-state index contributed by atoms with van der Waals surface area (Å²) in [7, 11) is 0. The number of nitrogens with zero attached hydrogens (tertiary/aromatic N) is 4. The van der Waals surface area contributed by atoms with Crippen molar-refractivity contribution >= 4 is 63.8 Å². The third-order valence-electron chi connectivity index (χ3n) is 9.17. The predicted octanol–water partition coefficient (Wildman–Crippen LogP) is 12.3. The van der Waals surface area contributed by atoms with Crippen LogP contribution in [0, 0.1) is 0 Å². The Balaban J connectivity index is 1.33. The van der Waals surface area contributed by atoms with E-state index in [4.69, 9.17) is 19.9 Å². The number of thiophene rings is 1. The minimum Gasteiger partial charge on any atom is -0.236 e. The van der Waals surface area contributed by atoms with Crippen LogP contribution < -0.4 is 0 Å². The van der Waals surface area contributed by atoms with Crippen LogP contribution >= 0.6 is 22.7 Å². The van der Waals surface area contributed by atoms with Crippen molar-refractivity contribution in [2.45, 2.75) is 0 Å². The van der Waals surface area contributed by atoms with Crippen LogP contribution in [0.15, 0.2) is 158 Å². The minimum atomic E-state index is 0.634. The molecule has 0 saturated carbocycles. The molecule has 6 heteroatoms. The maximum Gasteiger partial charge on any atom is 0.166 e. The molecule has 0 fully saturated rings. The number of thiazole rings is 1. The molecule has 10 aromatic rings. The van der Waals surface area contributed by atoms with Gasteiger partial charge in [0, 0.05) is 48.0 Å². The Kier molecular flexibility index (Phi) is 6.82. The maximum absolute atomic E-state index is 5.42. The molecule has 0 aliphatic heterocycles. The van der Waals surface area contributed by atoms with Crippen LogP contribution in [0.3, 0.4) is 0 Å². The fourth-order valence-corrected chi connectivity index (χ4v) is 9.13. The first kappa shape index (κ1) is 28.9. The molecule has 0 spiro atoms. The molecule has 0 atom stereocenters. The van der Waals surface area contributed by atoms with Crippen molar-refractivity contribution in [3.05, 3.63) is 158 Å². The van der Waals surface area contributed by atoms with E-state index in [9.17, 15) is 0 Å². The van der Waals surface area contributed by atoms with E-state index in [-0.39, 0.29) is 0 Å². The lowest BCUT2D eigenvalue weighted by molar-refractivity contribution is 1.08. The monoisotopic (exact) mass is 674 g/mol. The van der Waals surface area contributed by atoms with Crippen LogP contribution in [0.2, 0.25) is 0 Å². The van der Waals surface area contributed by atoms with Crippen molar-refractivity contribution in [2.75, 3.05) is 0 Å². The van der Waals surface area contributed by atoms with E-state index in [1.807, 2.05) is 24.3 Å². The lowest BCUT2D eigenvalue weighted by atomic mass is 9.93. The van der Waals surface area contributed by atoms with Crippen LogP contribution in [0.4, 0.5) is 0 Å². The lowest BCUT2D eigenvalue weighted by Crippen LogP contribution is -2.02. The van der Waals surface area contributed by atoms with E-state index in [2.05, 4.69) is 133 Å². The van der Waals surface area contributed by atoms with Gasteiger partial charge in [-0.2, -0.15) is 0 Å². The predicted molar refractivity (Wildman–Crippen MR) is 211 cm³/mol. The molecule has 0 bridgehead atoms. The summed E-state index contributed by atoms with van der Waals surface area (Å²) < 4.78 is 3.46. The van der Waals surface area contributed by atoms with Crippen molar-refractivity contribution in [2.24, 2.45) is 0 Å². The number of fused-ring (bicyclic) bond motifs is 5. The number of hydrogen-bond donors (Lipinski definition) is 0. The van der Waals surface area contributed by atoms with Crippen LogP contribution in [0.5, 0.6) is 0 Å². The van der Waals surface area contributed by atoms with E-state index in [0.29, 0.717) is 17.5 Å². The normalized spacial score (nSPS) is 11.6. The fraction of sp³-hybridized carbons (Fsp3) is 0. The van der Waals surface area contributed by atoms with Gasteiger partial charge in [-0.05, 0) is 34.5 Å². The Morgan fingerprint density at radius 3 is 1.80 bits per heavy atom. The number of aromatic nitrogens is 4. The third-order valence-corrected chi connectivity index (χ3v) is 11.4. The number of rotatable bonds is 5. The molecule has 4 nitrogen and oxygen atoms in total. The van der Waals surface area contributed by atoms with Gasteiger partial charge in [0.1, 0.15) is 5.01 Å². The molecule has 3 aromatic heterocycles. The van der Waals surface area contributed by atoms with Crippen LogP contribution in [-0.4, -0.2) is 19.9 Å². The first-order valence-corrected chi connectivity index (χ1v) is 18.1. The lowest BCUT2D eigenvalue weighted by Gasteiger charge is -2.15. The van der Waals surface area contributed by atoms with E-state index in [1.54, 1.807) is 22.7 Å². The highest BCUT2D eigenvalue weighted by Gasteiger charge is 2.24. The quantitative estimate of drug-likeness (QED) is 0.182. The number of hydrogen-bond acceptors (Lipinski definition) is 6. The highest BCUT2D eigenvalue weighted by atomic mass is 32.1. The molecule has 10 rings (SSSR count). The van der Waals surface area contributed by atoms with Gasteiger partial charge in [0.25, 0.3) is 0 Å². The highest BCUT2D eigenvalue weighted by molar-refractivity contribution is 7.26. The molecule has 0 aliphatic carbocycles. The second-order valence-electron chi connectivity index (χ2n) is 12.2. The molecule has 50 heavy (non-hydrogen) atoms.